The second kappa shape index (κ2) is 10.3. The number of nitrogens with one attached hydrogen (secondary N) is 2. The Kier molecular flexibility index (Phi) is 7.53. The fraction of sp³-hybridized carbons (Fsp3) is 0.364. The number of amides is 2. The highest BCUT2D eigenvalue weighted by atomic mass is 16.5. The summed E-state index contributed by atoms with van der Waals surface area (Å²) in [6.45, 7) is 5.70. The molecule has 1 saturated heterocycles. The van der Waals surface area contributed by atoms with Gasteiger partial charge in [0.25, 0.3) is 11.8 Å². The van der Waals surface area contributed by atoms with Crippen LogP contribution in [0.2, 0.25) is 0 Å². The molecular weight excluding hydrogens is 386 g/mol. The van der Waals surface area contributed by atoms with Crippen LogP contribution in [0.5, 0.6) is 0 Å². The molecule has 160 valence electrons. The molecule has 0 spiro atoms. The Labute approximate surface area is 175 Å². The van der Waals surface area contributed by atoms with Gasteiger partial charge in [-0.3, -0.25) is 19.7 Å². The number of ether oxygens (including phenoxy) is 1. The number of rotatable bonds is 7. The van der Waals surface area contributed by atoms with Gasteiger partial charge in [-0.05, 0) is 35.7 Å². The Morgan fingerprint density at radius 3 is 2.13 bits per heavy atom. The van der Waals surface area contributed by atoms with Gasteiger partial charge in [-0.1, -0.05) is 36.4 Å². The van der Waals surface area contributed by atoms with E-state index in [1.807, 2.05) is 12.1 Å². The molecule has 8 heteroatoms. The molecule has 0 aliphatic carbocycles. The molecule has 0 bridgehead atoms. The summed E-state index contributed by atoms with van der Waals surface area (Å²) in [6.07, 6.45) is -1.16. The third-order valence-corrected chi connectivity index (χ3v) is 5.11. The van der Waals surface area contributed by atoms with Gasteiger partial charge in [-0.25, -0.2) is 5.48 Å². The van der Waals surface area contributed by atoms with Gasteiger partial charge in [0.1, 0.15) is 6.04 Å². The van der Waals surface area contributed by atoms with Crippen LogP contribution in [-0.4, -0.2) is 65.5 Å². The first-order valence-corrected chi connectivity index (χ1v) is 9.90. The van der Waals surface area contributed by atoms with Crippen molar-refractivity contribution in [3.8, 4) is 11.1 Å². The number of nitrogens with zero attached hydrogens (tertiary/aromatic N) is 1. The van der Waals surface area contributed by atoms with E-state index >= 15 is 0 Å². The minimum atomic E-state index is -1.25. The van der Waals surface area contributed by atoms with Gasteiger partial charge in [-0.15, -0.1) is 0 Å². The van der Waals surface area contributed by atoms with E-state index in [0.717, 1.165) is 44.0 Å². The summed E-state index contributed by atoms with van der Waals surface area (Å²) < 4.78 is 5.38. The van der Waals surface area contributed by atoms with E-state index in [9.17, 15) is 14.7 Å². The predicted molar refractivity (Wildman–Crippen MR) is 111 cm³/mol. The summed E-state index contributed by atoms with van der Waals surface area (Å²) in [5.41, 5.74) is 5.03. The number of aliphatic hydroxyl groups is 1. The Balaban J connectivity index is 1.63. The zero-order valence-corrected chi connectivity index (χ0v) is 16.9. The van der Waals surface area contributed by atoms with Crippen molar-refractivity contribution in [2.45, 2.75) is 25.6 Å². The molecule has 30 heavy (non-hydrogen) atoms. The molecule has 2 aromatic rings. The molecule has 1 aliphatic rings. The lowest BCUT2D eigenvalue weighted by atomic mass is 10.0. The third kappa shape index (κ3) is 5.64. The van der Waals surface area contributed by atoms with Crippen LogP contribution < -0.4 is 10.8 Å². The summed E-state index contributed by atoms with van der Waals surface area (Å²) in [7, 11) is 0. The molecule has 1 unspecified atom stereocenters. The summed E-state index contributed by atoms with van der Waals surface area (Å²) >= 11 is 0. The third-order valence-electron chi connectivity index (χ3n) is 5.11. The van der Waals surface area contributed by atoms with Gasteiger partial charge in [0, 0.05) is 25.2 Å². The first-order chi connectivity index (χ1) is 14.5. The van der Waals surface area contributed by atoms with E-state index in [1.165, 1.54) is 18.0 Å². The number of carbonyl (C=O) groups is 2. The van der Waals surface area contributed by atoms with Crippen LogP contribution in [0.1, 0.15) is 22.8 Å². The van der Waals surface area contributed by atoms with Crippen LogP contribution in [-0.2, 0) is 16.1 Å². The van der Waals surface area contributed by atoms with E-state index in [1.54, 1.807) is 12.1 Å². The molecule has 0 saturated carbocycles. The van der Waals surface area contributed by atoms with Crippen molar-refractivity contribution in [2.24, 2.45) is 0 Å². The molecule has 2 atom stereocenters. The van der Waals surface area contributed by atoms with Crippen LogP contribution in [0.15, 0.2) is 48.5 Å². The molecule has 4 N–H and O–H groups in total. The highest BCUT2D eigenvalue weighted by Crippen LogP contribution is 2.21. The number of hydrogen-bond donors (Lipinski definition) is 4. The van der Waals surface area contributed by atoms with E-state index < -0.39 is 24.0 Å². The Morgan fingerprint density at radius 2 is 1.60 bits per heavy atom. The number of hydroxylamine groups is 1. The maximum Gasteiger partial charge on any atom is 0.268 e. The molecular formula is C22H27N3O5. The zero-order chi connectivity index (χ0) is 21.5. The average molecular weight is 413 g/mol. The van der Waals surface area contributed by atoms with Crippen LogP contribution >= 0.6 is 0 Å². The molecule has 2 aromatic carbocycles. The number of hydrogen-bond acceptors (Lipinski definition) is 6. The van der Waals surface area contributed by atoms with Crippen molar-refractivity contribution in [1.82, 2.24) is 15.7 Å². The standard InChI is InChI=1S/C22H27N3O5/c1-15(26)20(22(28)24-29)23-21(27)19-8-6-18(7-9-19)17-4-2-16(3-5-17)14-25-10-12-30-13-11-25/h2-9,15,20,26,29H,10-14H2,1H3,(H,23,27)(H,24,28)/t15-,20?/m1/s1. The average Bonchev–Trinajstić information content (AvgIpc) is 2.78. The smallest absolute Gasteiger partial charge is 0.268 e. The van der Waals surface area contributed by atoms with Gasteiger partial charge >= 0.3 is 0 Å². The molecule has 2 amide bonds. The zero-order valence-electron chi connectivity index (χ0n) is 16.9. The number of aliphatic hydroxyl groups excluding tert-OH is 1. The molecule has 1 aliphatic heterocycles. The number of carbonyl (C=O) groups excluding carboxylic acids is 2. The normalized spacial score (nSPS) is 16.5. The largest absolute Gasteiger partial charge is 0.391 e. The van der Waals surface area contributed by atoms with E-state index in [0.29, 0.717) is 5.56 Å². The van der Waals surface area contributed by atoms with E-state index in [4.69, 9.17) is 9.94 Å². The SMILES string of the molecule is C[C@@H](O)C(NC(=O)c1ccc(-c2ccc(CN3CCOCC3)cc2)cc1)C(=O)NO. The van der Waals surface area contributed by atoms with Gasteiger partial charge in [0.2, 0.25) is 0 Å². The minimum absolute atomic E-state index is 0.346. The fourth-order valence-corrected chi connectivity index (χ4v) is 3.33. The van der Waals surface area contributed by atoms with Crippen molar-refractivity contribution >= 4 is 11.8 Å². The second-order valence-corrected chi connectivity index (χ2v) is 7.33. The van der Waals surface area contributed by atoms with Crippen LogP contribution in [0.4, 0.5) is 0 Å². The lowest BCUT2D eigenvalue weighted by molar-refractivity contribution is -0.133. The second-order valence-electron chi connectivity index (χ2n) is 7.33. The van der Waals surface area contributed by atoms with Gasteiger partial charge in [0.05, 0.1) is 19.3 Å². The van der Waals surface area contributed by atoms with Crippen molar-refractivity contribution in [2.75, 3.05) is 26.3 Å². The quantitative estimate of drug-likeness (QED) is 0.401. The molecule has 0 radical (unpaired) electrons. The van der Waals surface area contributed by atoms with Crippen LogP contribution in [0.25, 0.3) is 11.1 Å². The fourth-order valence-electron chi connectivity index (χ4n) is 3.33. The van der Waals surface area contributed by atoms with Crippen molar-refractivity contribution in [1.29, 1.82) is 0 Å². The molecule has 3 rings (SSSR count). The Morgan fingerprint density at radius 1 is 1.03 bits per heavy atom. The van der Waals surface area contributed by atoms with Crippen molar-refractivity contribution in [3.63, 3.8) is 0 Å². The Hall–Kier alpha value is -2.78. The summed E-state index contributed by atoms with van der Waals surface area (Å²) in [5, 5.41) is 20.8. The first-order valence-electron chi connectivity index (χ1n) is 9.90. The van der Waals surface area contributed by atoms with Crippen molar-refractivity contribution in [3.05, 3.63) is 59.7 Å². The molecule has 8 nitrogen and oxygen atoms in total. The van der Waals surface area contributed by atoms with Crippen LogP contribution in [0.3, 0.4) is 0 Å². The predicted octanol–water partition coefficient (Wildman–Crippen LogP) is 1.17. The number of morpholine rings is 1. The van der Waals surface area contributed by atoms with Crippen molar-refractivity contribution < 1.29 is 24.6 Å². The maximum atomic E-state index is 12.4. The van der Waals surface area contributed by atoms with E-state index in [2.05, 4.69) is 34.5 Å². The monoisotopic (exact) mass is 413 g/mol. The summed E-state index contributed by atoms with van der Waals surface area (Å²) in [4.78, 5) is 26.3. The molecule has 0 aromatic heterocycles. The molecule has 1 heterocycles. The summed E-state index contributed by atoms with van der Waals surface area (Å²) in [6, 6.07) is 14.0. The molecule has 1 fully saturated rings. The lowest BCUT2D eigenvalue weighted by Gasteiger charge is -2.26. The number of benzene rings is 2. The first kappa shape index (κ1) is 21.9. The highest BCUT2D eigenvalue weighted by Gasteiger charge is 2.25. The van der Waals surface area contributed by atoms with Crippen LogP contribution in [0, 0.1) is 0 Å². The maximum absolute atomic E-state index is 12.4. The minimum Gasteiger partial charge on any atom is -0.391 e. The highest BCUT2D eigenvalue weighted by molar-refractivity contribution is 5.97. The topological polar surface area (TPSA) is 111 Å². The summed E-state index contributed by atoms with van der Waals surface area (Å²) in [5.74, 6) is -1.40. The van der Waals surface area contributed by atoms with Gasteiger partial charge < -0.3 is 15.2 Å². The van der Waals surface area contributed by atoms with Gasteiger partial charge in [-0.2, -0.15) is 0 Å². The van der Waals surface area contributed by atoms with E-state index in [-0.39, 0.29) is 0 Å². The Bertz CT molecular complexity index is 846. The van der Waals surface area contributed by atoms with Gasteiger partial charge in [0.15, 0.2) is 0 Å². The lowest BCUT2D eigenvalue weighted by Crippen LogP contribution is -2.51.